The second-order valence-electron chi connectivity index (χ2n) is 5.65. The Morgan fingerprint density at radius 2 is 2.00 bits per heavy atom. The fourth-order valence-electron chi connectivity index (χ4n) is 2.73. The third-order valence-electron chi connectivity index (χ3n) is 3.76. The summed E-state index contributed by atoms with van der Waals surface area (Å²) in [6.07, 6.45) is 1.79. The number of nitrogens with one attached hydrogen (secondary N) is 1. The Kier molecular flexibility index (Phi) is 2.99. The second kappa shape index (κ2) is 4.92. The first-order chi connectivity index (χ1) is 11.0. The van der Waals surface area contributed by atoms with Crippen LogP contribution in [-0.4, -0.2) is 24.9 Å². The number of nitrogens with zero attached hydrogens (tertiary/aromatic N) is 3. The van der Waals surface area contributed by atoms with Gasteiger partial charge in [0.05, 0.1) is 10.9 Å². The summed E-state index contributed by atoms with van der Waals surface area (Å²) < 4.78 is 2.64. The number of thiazole rings is 1. The molecule has 0 radical (unpaired) electrons. The Labute approximate surface area is 135 Å². The standard InChI is InChI=1S/C16H14N4O2S/c1-8(2)20-15-11(7-17-20)12(9-3-5-10(21)6-4-9)13-14(18-15)19-16(22)23-13/h3-8,21H,1-2H3,(H,18,19,22). The van der Waals surface area contributed by atoms with Gasteiger partial charge in [0.15, 0.2) is 11.3 Å². The van der Waals surface area contributed by atoms with E-state index >= 15 is 0 Å². The molecule has 0 amide bonds. The lowest BCUT2D eigenvalue weighted by Crippen LogP contribution is -2.03. The van der Waals surface area contributed by atoms with Gasteiger partial charge >= 0.3 is 4.87 Å². The van der Waals surface area contributed by atoms with Crippen molar-refractivity contribution in [1.82, 2.24) is 19.7 Å². The molecule has 0 atom stereocenters. The van der Waals surface area contributed by atoms with Crippen molar-refractivity contribution in [2.24, 2.45) is 0 Å². The van der Waals surface area contributed by atoms with Crippen LogP contribution in [0.2, 0.25) is 0 Å². The number of benzene rings is 1. The van der Waals surface area contributed by atoms with E-state index in [-0.39, 0.29) is 16.7 Å². The number of H-pyrrole nitrogens is 1. The number of phenolic OH excluding ortho intramolecular Hbond substituents is 1. The number of pyridine rings is 1. The molecule has 6 nitrogen and oxygen atoms in total. The molecular weight excluding hydrogens is 312 g/mol. The van der Waals surface area contributed by atoms with Crippen LogP contribution >= 0.6 is 11.3 Å². The Morgan fingerprint density at radius 1 is 1.26 bits per heavy atom. The lowest BCUT2D eigenvalue weighted by molar-refractivity contribution is 0.475. The first-order valence-electron chi connectivity index (χ1n) is 7.24. The van der Waals surface area contributed by atoms with Crippen molar-refractivity contribution in [3.63, 3.8) is 0 Å². The third-order valence-corrected chi connectivity index (χ3v) is 4.65. The summed E-state index contributed by atoms with van der Waals surface area (Å²) in [5.74, 6) is 0.204. The first kappa shape index (κ1) is 14.0. The Morgan fingerprint density at radius 3 is 2.70 bits per heavy atom. The molecule has 0 saturated carbocycles. The van der Waals surface area contributed by atoms with Crippen molar-refractivity contribution < 1.29 is 5.11 Å². The minimum Gasteiger partial charge on any atom is -0.508 e. The number of phenols is 1. The first-order valence-corrected chi connectivity index (χ1v) is 8.05. The van der Waals surface area contributed by atoms with E-state index in [0.717, 1.165) is 38.2 Å². The average molecular weight is 326 g/mol. The summed E-state index contributed by atoms with van der Waals surface area (Å²) in [5, 5.41) is 14.9. The van der Waals surface area contributed by atoms with Gasteiger partial charge in [-0.2, -0.15) is 5.10 Å². The molecule has 0 fully saturated rings. The molecule has 0 aliphatic rings. The van der Waals surface area contributed by atoms with Crippen molar-refractivity contribution >= 4 is 32.7 Å². The molecule has 0 unspecified atom stereocenters. The van der Waals surface area contributed by atoms with Gasteiger partial charge in [0.2, 0.25) is 0 Å². The van der Waals surface area contributed by atoms with Gasteiger partial charge in [-0.15, -0.1) is 0 Å². The fourth-order valence-corrected chi connectivity index (χ4v) is 3.59. The van der Waals surface area contributed by atoms with Crippen LogP contribution < -0.4 is 4.87 Å². The Bertz CT molecular complexity index is 1070. The van der Waals surface area contributed by atoms with Gasteiger partial charge in [-0.1, -0.05) is 23.5 Å². The second-order valence-corrected chi connectivity index (χ2v) is 6.63. The predicted octanol–water partition coefficient (Wildman–Crippen LogP) is 3.29. The number of rotatable bonds is 2. The van der Waals surface area contributed by atoms with Gasteiger partial charge in [0, 0.05) is 17.0 Å². The third kappa shape index (κ3) is 2.12. The summed E-state index contributed by atoms with van der Waals surface area (Å²) in [6.45, 7) is 4.07. The van der Waals surface area contributed by atoms with E-state index in [9.17, 15) is 9.90 Å². The van der Waals surface area contributed by atoms with Crippen LogP contribution in [0.3, 0.4) is 0 Å². The van der Waals surface area contributed by atoms with Crippen molar-refractivity contribution in [2.75, 3.05) is 0 Å². The summed E-state index contributed by atoms with van der Waals surface area (Å²) in [5.41, 5.74) is 3.14. The maximum Gasteiger partial charge on any atom is 0.306 e. The number of hydrogen-bond acceptors (Lipinski definition) is 5. The van der Waals surface area contributed by atoms with Gasteiger partial charge in [-0.05, 0) is 31.5 Å². The minimum absolute atomic E-state index is 0.135. The number of aromatic amines is 1. The van der Waals surface area contributed by atoms with Crippen molar-refractivity contribution in [3.05, 3.63) is 40.1 Å². The summed E-state index contributed by atoms with van der Waals surface area (Å²) >= 11 is 1.14. The molecular formula is C16H14N4O2S. The fraction of sp³-hybridized carbons (Fsp3) is 0.188. The van der Waals surface area contributed by atoms with Crippen molar-refractivity contribution in [2.45, 2.75) is 19.9 Å². The van der Waals surface area contributed by atoms with E-state index in [4.69, 9.17) is 0 Å². The highest BCUT2D eigenvalue weighted by Gasteiger charge is 2.18. The van der Waals surface area contributed by atoms with Gasteiger partial charge in [0.25, 0.3) is 0 Å². The van der Waals surface area contributed by atoms with E-state index in [1.165, 1.54) is 0 Å². The number of hydrogen-bond donors (Lipinski definition) is 2. The summed E-state index contributed by atoms with van der Waals surface area (Å²) in [4.78, 5) is 19.1. The maximum atomic E-state index is 11.8. The quantitative estimate of drug-likeness (QED) is 0.592. The van der Waals surface area contributed by atoms with Crippen LogP contribution in [0.5, 0.6) is 5.75 Å². The van der Waals surface area contributed by atoms with E-state index < -0.39 is 0 Å². The van der Waals surface area contributed by atoms with Crippen LogP contribution in [0, 0.1) is 0 Å². The van der Waals surface area contributed by atoms with E-state index in [1.807, 2.05) is 30.7 Å². The SMILES string of the molecule is CC(C)n1ncc2c(-c3ccc(O)cc3)c3sc(=O)[nH]c3nc21. The van der Waals surface area contributed by atoms with Crippen LogP contribution in [0.1, 0.15) is 19.9 Å². The summed E-state index contributed by atoms with van der Waals surface area (Å²) in [7, 11) is 0. The smallest absolute Gasteiger partial charge is 0.306 e. The highest BCUT2D eigenvalue weighted by molar-refractivity contribution is 7.17. The molecule has 4 aromatic rings. The average Bonchev–Trinajstić information content (AvgIpc) is 3.08. The monoisotopic (exact) mass is 326 g/mol. The highest BCUT2D eigenvalue weighted by atomic mass is 32.1. The molecule has 3 heterocycles. The predicted molar refractivity (Wildman–Crippen MR) is 91.0 cm³/mol. The van der Waals surface area contributed by atoms with Crippen LogP contribution in [0.15, 0.2) is 35.3 Å². The zero-order chi connectivity index (χ0) is 16.1. The number of aromatic nitrogens is 4. The Balaban J connectivity index is 2.16. The molecule has 0 spiro atoms. The van der Waals surface area contributed by atoms with Gasteiger partial charge in [-0.3, -0.25) is 9.78 Å². The largest absolute Gasteiger partial charge is 0.508 e. The van der Waals surface area contributed by atoms with Crippen molar-refractivity contribution in [3.8, 4) is 16.9 Å². The summed E-state index contributed by atoms with van der Waals surface area (Å²) in [6, 6.07) is 7.10. The van der Waals surface area contributed by atoms with Crippen LogP contribution in [0.4, 0.5) is 0 Å². The molecule has 7 heteroatoms. The maximum absolute atomic E-state index is 11.8. The molecule has 0 aliphatic carbocycles. The number of fused-ring (bicyclic) bond motifs is 2. The molecule has 1 aromatic carbocycles. The number of aromatic hydroxyl groups is 1. The van der Waals surface area contributed by atoms with E-state index in [2.05, 4.69) is 15.1 Å². The lowest BCUT2D eigenvalue weighted by atomic mass is 10.0. The van der Waals surface area contributed by atoms with Crippen LogP contribution in [0.25, 0.3) is 32.5 Å². The zero-order valence-corrected chi connectivity index (χ0v) is 13.4. The van der Waals surface area contributed by atoms with Gasteiger partial charge in [0.1, 0.15) is 5.75 Å². The molecule has 116 valence electrons. The molecule has 23 heavy (non-hydrogen) atoms. The molecule has 0 bridgehead atoms. The van der Waals surface area contributed by atoms with E-state index in [1.54, 1.807) is 18.3 Å². The van der Waals surface area contributed by atoms with E-state index in [0.29, 0.717) is 5.65 Å². The normalized spacial score (nSPS) is 11.8. The molecule has 3 aromatic heterocycles. The molecule has 0 aliphatic heterocycles. The molecule has 2 N–H and O–H groups in total. The van der Waals surface area contributed by atoms with Gasteiger partial charge < -0.3 is 5.11 Å². The molecule has 4 rings (SSSR count). The van der Waals surface area contributed by atoms with Gasteiger partial charge in [-0.25, -0.2) is 9.67 Å². The minimum atomic E-state index is -0.135. The topological polar surface area (TPSA) is 83.8 Å². The Hall–Kier alpha value is -2.67. The van der Waals surface area contributed by atoms with Crippen molar-refractivity contribution in [1.29, 1.82) is 0 Å². The van der Waals surface area contributed by atoms with Crippen LogP contribution in [-0.2, 0) is 0 Å². The molecule has 0 saturated heterocycles. The lowest BCUT2D eigenvalue weighted by Gasteiger charge is -2.09. The highest BCUT2D eigenvalue weighted by Crippen LogP contribution is 2.36. The zero-order valence-electron chi connectivity index (χ0n) is 12.6.